The van der Waals surface area contributed by atoms with Gasteiger partial charge in [-0.25, -0.2) is 0 Å². The molecule has 1 rings (SSSR count). The summed E-state index contributed by atoms with van der Waals surface area (Å²) in [6.45, 7) is 19.1. The Hall–Kier alpha value is -0.980. The Labute approximate surface area is 126 Å². The summed E-state index contributed by atoms with van der Waals surface area (Å²) in [5.74, 6) is 0.481. The molecule has 0 aliphatic carbocycles. The van der Waals surface area contributed by atoms with Crippen molar-refractivity contribution in [3.8, 4) is 5.75 Å². The van der Waals surface area contributed by atoms with Gasteiger partial charge in [-0.2, -0.15) is 0 Å². The van der Waals surface area contributed by atoms with Crippen LogP contribution in [0.2, 0.25) is 0 Å². The first-order valence-electron chi connectivity index (χ1n) is 7.94. The number of benzene rings is 1. The van der Waals surface area contributed by atoms with Crippen LogP contribution in [-0.2, 0) is 17.3 Å². The van der Waals surface area contributed by atoms with Crippen LogP contribution in [0.1, 0.15) is 85.4 Å². The highest BCUT2D eigenvalue weighted by Crippen LogP contribution is 2.39. The third-order valence-corrected chi connectivity index (χ3v) is 3.32. The van der Waals surface area contributed by atoms with Crippen LogP contribution in [-0.4, -0.2) is 5.11 Å². The standard InChI is InChI=1S/C17H28O.C2H6/c1-8-9-12-10-13(16(2,3)4)15(18)14(11-12)17(5,6)7;1-2/h10-11,18H,8-9H2,1-7H3;1-2H3. The van der Waals surface area contributed by atoms with Gasteiger partial charge < -0.3 is 5.11 Å². The molecule has 0 unspecified atom stereocenters. The maximum atomic E-state index is 10.6. The van der Waals surface area contributed by atoms with Gasteiger partial charge in [-0.1, -0.05) is 80.9 Å². The molecule has 0 fully saturated rings. The summed E-state index contributed by atoms with van der Waals surface area (Å²) >= 11 is 0. The summed E-state index contributed by atoms with van der Waals surface area (Å²) in [5, 5.41) is 10.6. The first kappa shape index (κ1) is 19.0. The summed E-state index contributed by atoms with van der Waals surface area (Å²) in [6, 6.07) is 4.35. The molecule has 0 heterocycles. The van der Waals surface area contributed by atoms with E-state index in [-0.39, 0.29) is 10.8 Å². The minimum absolute atomic E-state index is 0.0200. The van der Waals surface area contributed by atoms with Crippen molar-refractivity contribution in [2.75, 3.05) is 0 Å². The fourth-order valence-corrected chi connectivity index (χ4v) is 2.27. The van der Waals surface area contributed by atoms with Gasteiger partial charge in [0.25, 0.3) is 0 Å². The normalized spacial score (nSPS) is 11.8. The van der Waals surface area contributed by atoms with Gasteiger partial charge >= 0.3 is 0 Å². The molecule has 0 saturated heterocycles. The van der Waals surface area contributed by atoms with Crippen molar-refractivity contribution in [3.63, 3.8) is 0 Å². The van der Waals surface area contributed by atoms with E-state index in [2.05, 4.69) is 60.6 Å². The second kappa shape index (κ2) is 7.15. The molecule has 0 bridgehead atoms. The largest absolute Gasteiger partial charge is 0.507 e. The van der Waals surface area contributed by atoms with Gasteiger partial charge in [0.05, 0.1) is 0 Å². The Kier molecular flexibility index (Phi) is 6.80. The summed E-state index contributed by atoms with van der Waals surface area (Å²) in [7, 11) is 0. The van der Waals surface area contributed by atoms with E-state index in [0.717, 1.165) is 24.0 Å². The van der Waals surface area contributed by atoms with Crippen LogP contribution in [0.4, 0.5) is 0 Å². The lowest BCUT2D eigenvalue weighted by Crippen LogP contribution is -2.17. The van der Waals surface area contributed by atoms with Crippen LogP contribution >= 0.6 is 0 Å². The Morgan fingerprint density at radius 1 is 0.850 bits per heavy atom. The number of hydrogen-bond donors (Lipinski definition) is 1. The Morgan fingerprint density at radius 3 is 1.45 bits per heavy atom. The van der Waals surface area contributed by atoms with Gasteiger partial charge in [0, 0.05) is 0 Å². The van der Waals surface area contributed by atoms with Crippen molar-refractivity contribution < 1.29 is 5.11 Å². The van der Waals surface area contributed by atoms with Crippen molar-refractivity contribution in [3.05, 3.63) is 28.8 Å². The smallest absolute Gasteiger partial charge is 0.123 e. The predicted molar refractivity (Wildman–Crippen MR) is 90.8 cm³/mol. The van der Waals surface area contributed by atoms with E-state index < -0.39 is 0 Å². The zero-order valence-electron chi connectivity index (χ0n) is 15.0. The molecule has 0 aliphatic heterocycles. The molecule has 20 heavy (non-hydrogen) atoms. The summed E-state index contributed by atoms with van der Waals surface area (Å²) in [4.78, 5) is 0. The molecule has 0 spiro atoms. The zero-order chi connectivity index (χ0) is 16.1. The van der Waals surface area contributed by atoms with Crippen molar-refractivity contribution in [2.24, 2.45) is 0 Å². The van der Waals surface area contributed by atoms with Crippen molar-refractivity contribution in [1.82, 2.24) is 0 Å². The third-order valence-electron chi connectivity index (χ3n) is 3.32. The molecule has 0 saturated carbocycles. The maximum absolute atomic E-state index is 10.6. The van der Waals surface area contributed by atoms with Gasteiger partial charge in [-0.05, 0) is 33.9 Å². The van der Waals surface area contributed by atoms with Crippen LogP contribution in [0.3, 0.4) is 0 Å². The van der Waals surface area contributed by atoms with Crippen LogP contribution in [0.5, 0.6) is 5.75 Å². The molecule has 0 amide bonds. The molecule has 0 atom stereocenters. The second-order valence-electron chi connectivity index (χ2n) is 7.29. The summed E-state index contributed by atoms with van der Waals surface area (Å²) in [5.41, 5.74) is 3.43. The minimum Gasteiger partial charge on any atom is -0.507 e. The molecule has 0 aromatic heterocycles. The third kappa shape index (κ3) is 4.85. The highest BCUT2D eigenvalue weighted by Gasteiger charge is 2.26. The minimum atomic E-state index is -0.0200. The first-order chi connectivity index (χ1) is 9.07. The average molecular weight is 278 g/mol. The zero-order valence-corrected chi connectivity index (χ0v) is 15.0. The van der Waals surface area contributed by atoms with E-state index in [0.29, 0.717) is 5.75 Å². The van der Waals surface area contributed by atoms with E-state index in [9.17, 15) is 5.11 Å². The van der Waals surface area contributed by atoms with Gasteiger partial charge in [0.1, 0.15) is 5.75 Å². The van der Waals surface area contributed by atoms with E-state index in [1.807, 2.05) is 13.8 Å². The lowest BCUT2D eigenvalue weighted by atomic mass is 9.78. The molecular formula is C19H34O. The van der Waals surface area contributed by atoms with Crippen molar-refractivity contribution >= 4 is 0 Å². The molecule has 1 nitrogen and oxygen atoms in total. The lowest BCUT2D eigenvalue weighted by molar-refractivity contribution is 0.422. The molecule has 116 valence electrons. The molecule has 1 aromatic rings. The van der Waals surface area contributed by atoms with Crippen molar-refractivity contribution in [2.45, 2.75) is 86.0 Å². The average Bonchev–Trinajstić information content (AvgIpc) is 2.31. The van der Waals surface area contributed by atoms with Gasteiger partial charge in [-0.15, -0.1) is 0 Å². The van der Waals surface area contributed by atoms with Gasteiger partial charge in [-0.3, -0.25) is 0 Å². The fourth-order valence-electron chi connectivity index (χ4n) is 2.27. The highest BCUT2D eigenvalue weighted by molar-refractivity contribution is 5.49. The summed E-state index contributed by atoms with van der Waals surface area (Å²) in [6.07, 6.45) is 2.21. The van der Waals surface area contributed by atoms with Crippen LogP contribution in [0.15, 0.2) is 12.1 Å². The number of phenols is 1. The van der Waals surface area contributed by atoms with Crippen LogP contribution < -0.4 is 0 Å². The van der Waals surface area contributed by atoms with Gasteiger partial charge in [0.15, 0.2) is 0 Å². The van der Waals surface area contributed by atoms with E-state index in [1.54, 1.807) is 0 Å². The van der Waals surface area contributed by atoms with Gasteiger partial charge in [0.2, 0.25) is 0 Å². The molecule has 0 aliphatic rings. The molecule has 0 radical (unpaired) electrons. The quantitative estimate of drug-likeness (QED) is 0.707. The molecular weight excluding hydrogens is 244 g/mol. The Balaban J connectivity index is 0.00000172. The predicted octanol–water partition coefficient (Wildman–Crippen LogP) is 5.97. The maximum Gasteiger partial charge on any atom is 0.123 e. The number of rotatable bonds is 2. The number of aromatic hydroxyl groups is 1. The lowest BCUT2D eigenvalue weighted by Gasteiger charge is -2.28. The molecule has 1 N–H and O–H groups in total. The number of phenolic OH excluding ortho intramolecular Hbond substituents is 1. The van der Waals surface area contributed by atoms with E-state index >= 15 is 0 Å². The Bertz CT molecular complexity index is 381. The molecule has 1 aromatic carbocycles. The second-order valence-corrected chi connectivity index (χ2v) is 7.29. The van der Waals surface area contributed by atoms with Crippen LogP contribution in [0.25, 0.3) is 0 Å². The van der Waals surface area contributed by atoms with Crippen LogP contribution in [0, 0.1) is 0 Å². The topological polar surface area (TPSA) is 20.2 Å². The monoisotopic (exact) mass is 278 g/mol. The number of hydrogen-bond acceptors (Lipinski definition) is 1. The SMILES string of the molecule is CC.CCCc1cc(C(C)(C)C)c(O)c(C(C)(C)C)c1. The molecule has 1 heteroatoms. The van der Waals surface area contributed by atoms with E-state index in [1.165, 1.54) is 5.56 Å². The van der Waals surface area contributed by atoms with Crippen molar-refractivity contribution in [1.29, 1.82) is 0 Å². The highest BCUT2D eigenvalue weighted by atomic mass is 16.3. The first-order valence-corrected chi connectivity index (χ1v) is 7.94. The number of aryl methyl sites for hydroxylation is 1. The Morgan fingerprint density at radius 2 is 1.20 bits per heavy atom. The summed E-state index contributed by atoms with van der Waals surface area (Å²) < 4.78 is 0. The fraction of sp³-hybridized carbons (Fsp3) is 0.684. The van der Waals surface area contributed by atoms with E-state index in [4.69, 9.17) is 0 Å².